The second-order valence-electron chi connectivity index (χ2n) is 6.02. The number of thiophene rings is 1. The van der Waals surface area contributed by atoms with Crippen molar-refractivity contribution in [1.82, 2.24) is 10.2 Å². The highest BCUT2D eigenvalue weighted by Crippen LogP contribution is 2.37. The molecule has 3 rings (SSSR count). The molecule has 1 aromatic rings. The molecule has 0 spiro atoms. The van der Waals surface area contributed by atoms with E-state index in [0.717, 1.165) is 25.0 Å². The van der Waals surface area contributed by atoms with E-state index in [2.05, 4.69) is 29.3 Å². The molecule has 2 aliphatic rings. The molecule has 2 unspecified atom stereocenters. The van der Waals surface area contributed by atoms with Crippen LogP contribution < -0.4 is 5.32 Å². The van der Waals surface area contributed by atoms with E-state index in [0.29, 0.717) is 0 Å². The minimum absolute atomic E-state index is 0.896. The van der Waals surface area contributed by atoms with Gasteiger partial charge in [-0.2, -0.15) is 0 Å². The summed E-state index contributed by atoms with van der Waals surface area (Å²) in [6, 6.07) is 5.54. The van der Waals surface area contributed by atoms with Gasteiger partial charge in [0.25, 0.3) is 0 Å². The maximum absolute atomic E-state index is 3.42. The fraction of sp³-hybridized carbons (Fsp3) is 0.750. The van der Waals surface area contributed by atoms with Crippen LogP contribution in [0.25, 0.3) is 0 Å². The second-order valence-corrected chi connectivity index (χ2v) is 7.27. The van der Waals surface area contributed by atoms with E-state index < -0.39 is 0 Å². The van der Waals surface area contributed by atoms with Crippen LogP contribution >= 0.6 is 11.3 Å². The summed E-state index contributed by atoms with van der Waals surface area (Å²) >= 11 is 2.00. The van der Waals surface area contributed by atoms with E-state index in [1.165, 1.54) is 50.1 Å². The third kappa shape index (κ3) is 3.21. The monoisotopic (exact) mass is 278 g/mol. The molecular weight excluding hydrogens is 252 g/mol. The summed E-state index contributed by atoms with van der Waals surface area (Å²) in [6.07, 6.45) is 7.29. The van der Waals surface area contributed by atoms with Crippen molar-refractivity contribution >= 4 is 11.3 Å². The number of likely N-dealkylation sites (tertiary alicyclic amines) is 1. The molecule has 1 aliphatic carbocycles. The summed E-state index contributed by atoms with van der Waals surface area (Å²) in [7, 11) is 0. The smallest absolute Gasteiger partial charge is 0.0331 e. The number of hydrogen-bond donors (Lipinski definition) is 1. The van der Waals surface area contributed by atoms with Crippen molar-refractivity contribution < 1.29 is 0 Å². The Morgan fingerprint density at radius 2 is 2.05 bits per heavy atom. The molecule has 1 saturated heterocycles. The highest BCUT2D eigenvalue weighted by molar-refractivity contribution is 7.11. The standard InChI is InChI=1S/C16H26N2S/c1-2-17-11-14-8-9-15(19-14)12-18-10-4-6-13-5-3-7-16(13)18/h8-9,13,16-17H,2-7,10-12H2,1H3. The molecule has 3 heteroatoms. The second kappa shape index (κ2) is 6.38. The van der Waals surface area contributed by atoms with Gasteiger partial charge >= 0.3 is 0 Å². The van der Waals surface area contributed by atoms with E-state index in [9.17, 15) is 0 Å². The first kappa shape index (κ1) is 13.6. The van der Waals surface area contributed by atoms with Gasteiger partial charge in [-0.25, -0.2) is 0 Å². The van der Waals surface area contributed by atoms with Gasteiger partial charge in [0.05, 0.1) is 0 Å². The molecule has 106 valence electrons. The maximum atomic E-state index is 3.42. The van der Waals surface area contributed by atoms with Gasteiger partial charge in [-0.3, -0.25) is 4.90 Å². The van der Waals surface area contributed by atoms with Gasteiger partial charge in [0.2, 0.25) is 0 Å². The average Bonchev–Trinajstić information content (AvgIpc) is 3.05. The van der Waals surface area contributed by atoms with Crippen LogP contribution in [0.15, 0.2) is 12.1 Å². The fourth-order valence-electron chi connectivity index (χ4n) is 3.80. The maximum Gasteiger partial charge on any atom is 0.0331 e. The zero-order valence-electron chi connectivity index (χ0n) is 12.0. The lowest BCUT2D eigenvalue weighted by Crippen LogP contribution is -2.41. The summed E-state index contributed by atoms with van der Waals surface area (Å²) in [6.45, 7) is 6.78. The first-order chi connectivity index (χ1) is 9.36. The Hall–Kier alpha value is -0.380. The third-order valence-corrected chi connectivity index (χ3v) is 5.80. The van der Waals surface area contributed by atoms with Crippen molar-refractivity contribution in [1.29, 1.82) is 0 Å². The van der Waals surface area contributed by atoms with E-state index >= 15 is 0 Å². The SMILES string of the molecule is CCNCc1ccc(CN2CCCC3CCCC32)s1. The summed E-state index contributed by atoms with van der Waals surface area (Å²) in [5.41, 5.74) is 0. The predicted molar refractivity (Wildman–Crippen MR) is 82.5 cm³/mol. The van der Waals surface area contributed by atoms with Crippen molar-refractivity contribution in [3.05, 3.63) is 21.9 Å². The largest absolute Gasteiger partial charge is 0.312 e. The molecule has 0 aromatic carbocycles. The summed E-state index contributed by atoms with van der Waals surface area (Å²) < 4.78 is 0. The Morgan fingerprint density at radius 1 is 1.21 bits per heavy atom. The average molecular weight is 278 g/mol. The molecular formula is C16H26N2S. The molecule has 2 nitrogen and oxygen atoms in total. The molecule has 1 saturated carbocycles. The lowest BCUT2D eigenvalue weighted by Gasteiger charge is -2.37. The summed E-state index contributed by atoms with van der Waals surface area (Å²) in [4.78, 5) is 5.81. The molecule has 2 atom stereocenters. The Kier molecular flexibility index (Phi) is 4.57. The normalized spacial score (nSPS) is 27.6. The quantitative estimate of drug-likeness (QED) is 0.885. The van der Waals surface area contributed by atoms with Crippen LogP contribution in [0.5, 0.6) is 0 Å². The molecule has 2 fully saturated rings. The van der Waals surface area contributed by atoms with Gasteiger partial charge in [0.1, 0.15) is 0 Å². The van der Waals surface area contributed by atoms with E-state index in [1.54, 1.807) is 4.88 Å². The number of nitrogens with one attached hydrogen (secondary N) is 1. The number of piperidine rings is 1. The van der Waals surface area contributed by atoms with Crippen molar-refractivity contribution in [2.24, 2.45) is 5.92 Å². The van der Waals surface area contributed by atoms with Gasteiger partial charge in [0, 0.05) is 28.9 Å². The van der Waals surface area contributed by atoms with Crippen LogP contribution in [-0.2, 0) is 13.1 Å². The van der Waals surface area contributed by atoms with Crippen LogP contribution in [-0.4, -0.2) is 24.0 Å². The first-order valence-corrected chi connectivity index (χ1v) is 8.71. The Morgan fingerprint density at radius 3 is 2.95 bits per heavy atom. The first-order valence-electron chi connectivity index (χ1n) is 7.89. The summed E-state index contributed by atoms with van der Waals surface area (Å²) in [5.74, 6) is 1.01. The number of nitrogens with zero attached hydrogens (tertiary/aromatic N) is 1. The number of rotatable bonds is 5. The van der Waals surface area contributed by atoms with Gasteiger partial charge in [-0.05, 0) is 56.8 Å². The van der Waals surface area contributed by atoms with Gasteiger partial charge in [-0.1, -0.05) is 13.3 Å². The molecule has 0 amide bonds. The van der Waals surface area contributed by atoms with E-state index in [-0.39, 0.29) is 0 Å². The Bertz CT molecular complexity index is 401. The highest BCUT2D eigenvalue weighted by Gasteiger charge is 2.34. The van der Waals surface area contributed by atoms with Crippen LogP contribution in [0, 0.1) is 5.92 Å². The predicted octanol–water partition coefficient (Wildman–Crippen LogP) is 3.62. The van der Waals surface area contributed by atoms with Gasteiger partial charge in [0.15, 0.2) is 0 Å². The molecule has 0 bridgehead atoms. The Labute approximate surface area is 121 Å². The minimum atomic E-state index is 0.896. The van der Waals surface area contributed by atoms with Gasteiger partial charge in [-0.15, -0.1) is 11.3 Å². The van der Waals surface area contributed by atoms with Crippen LogP contribution in [0.1, 0.15) is 48.8 Å². The van der Waals surface area contributed by atoms with Crippen molar-refractivity contribution in [3.63, 3.8) is 0 Å². The van der Waals surface area contributed by atoms with Crippen molar-refractivity contribution in [2.75, 3.05) is 13.1 Å². The topological polar surface area (TPSA) is 15.3 Å². The molecule has 1 aromatic heterocycles. The Balaban J connectivity index is 1.59. The van der Waals surface area contributed by atoms with E-state index in [1.807, 2.05) is 11.3 Å². The van der Waals surface area contributed by atoms with Crippen molar-refractivity contribution in [3.8, 4) is 0 Å². The minimum Gasteiger partial charge on any atom is -0.312 e. The van der Waals surface area contributed by atoms with Crippen LogP contribution in [0.3, 0.4) is 0 Å². The van der Waals surface area contributed by atoms with Crippen LogP contribution in [0.4, 0.5) is 0 Å². The third-order valence-electron chi connectivity index (χ3n) is 4.73. The zero-order valence-corrected chi connectivity index (χ0v) is 12.8. The van der Waals surface area contributed by atoms with E-state index in [4.69, 9.17) is 0 Å². The molecule has 0 radical (unpaired) electrons. The highest BCUT2D eigenvalue weighted by atomic mass is 32.1. The number of fused-ring (bicyclic) bond motifs is 1. The van der Waals surface area contributed by atoms with Crippen LogP contribution in [0.2, 0.25) is 0 Å². The molecule has 19 heavy (non-hydrogen) atoms. The van der Waals surface area contributed by atoms with Crippen molar-refractivity contribution in [2.45, 2.75) is 58.2 Å². The molecule has 2 heterocycles. The fourth-order valence-corrected chi connectivity index (χ4v) is 4.82. The lowest BCUT2D eigenvalue weighted by atomic mass is 9.92. The zero-order chi connectivity index (χ0) is 13.1. The molecule has 1 N–H and O–H groups in total. The lowest BCUT2D eigenvalue weighted by molar-refractivity contribution is 0.107. The van der Waals surface area contributed by atoms with Gasteiger partial charge < -0.3 is 5.32 Å². The molecule has 1 aliphatic heterocycles. The number of hydrogen-bond acceptors (Lipinski definition) is 3. The summed E-state index contributed by atoms with van der Waals surface area (Å²) in [5, 5.41) is 3.42.